The van der Waals surface area contributed by atoms with Crippen molar-refractivity contribution in [2.24, 2.45) is 0 Å². The number of carbonyl (C=O) groups is 1. The molecule has 1 heterocycles. The van der Waals surface area contributed by atoms with E-state index in [2.05, 4.69) is 11.1 Å². The van der Waals surface area contributed by atoms with Crippen molar-refractivity contribution in [2.75, 3.05) is 4.90 Å². The molecule has 0 aliphatic rings. The van der Waals surface area contributed by atoms with E-state index in [-0.39, 0.29) is 30.4 Å². The second kappa shape index (κ2) is 9.84. The molecule has 0 fully saturated rings. The van der Waals surface area contributed by atoms with E-state index in [0.29, 0.717) is 23.2 Å². The van der Waals surface area contributed by atoms with Gasteiger partial charge in [0.2, 0.25) is 11.7 Å². The minimum absolute atomic E-state index is 0.0739. The Labute approximate surface area is 187 Å². The second-order valence-electron chi connectivity index (χ2n) is 7.59. The number of hydrogen-bond acceptors (Lipinski definition) is 5. The van der Waals surface area contributed by atoms with E-state index in [1.165, 1.54) is 4.90 Å². The lowest BCUT2D eigenvalue weighted by Crippen LogP contribution is -2.32. The number of nitro groups is 1. The highest BCUT2D eigenvalue weighted by Crippen LogP contribution is 2.32. The normalized spacial score (nSPS) is 10.4. The number of benzene rings is 2. The second-order valence-corrected chi connectivity index (χ2v) is 7.59. The lowest BCUT2D eigenvalue weighted by atomic mass is 9.99. The van der Waals surface area contributed by atoms with E-state index in [1.54, 1.807) is 26.0 Å². The third kappa shape index (κ3) is 4.81. The van der Waals surface area contributed by atoms with Gasteiger partial charge in [0.25, 0.3) is 0 Å². The van der Waals surface area contributed by atoms with Crippen molar-refractivity contribution in [1.82, 2.24) is 4.98 Å². The molecule has 0 saturated carbocycles. The number of amides is 1. The van der Waals surface area contributed by atoms with Crippen LogP contribution in [0, 0.1) is 35.3 Å². The van der Waals surface area contributed by atoms with E-state index in [4.69, 9.17) is 0 Å². The van der Waals surface area contributed by atoms with Gasteiger partial charge >= 0.3 is 5.69 Å². The smallest absolute Gasteiger partial charge is 0.287 e. The fourth-order valence-corrected chi connectivity index (χ4v) is 3.66. The van der Waals surface area contributed by atoms with Crippen LogP contribution in [0.25, 0.3) is 11.1 Å². The zero-order valence-corrected chi connectivity index (χ0v) is 18.3. The van der Waals surface area contributed by atoms with Gasteiger partial charge in [0.1, 0.15) is 0 Å². The molecule has 7 nitrogen and oxygen atoms in total. The van der Waals surface area contributed by atoms with Gasteiger partial charge in [0, 0.05) is 17.7 Å². The molecule has 1 amide bonds. The van der Waals surface area contributed by atoms with Gasteiger partial charge in [0.15, 0.2) is 0 Å². The van der Waals surface area contributed by atoms with Gasteiger partial charge in [-0.1, -0.05) is 49.4 Å². The molecule has 0 bridgehead atoms. The summed E-state index contributed by atoms with van der Waals surface area (Å²) < 4.78 is 0. The van der Waals surface area contributed by atoms with E-state index in [1.807, 2.05) is 49.4 Å². The van der Waals surface area contributed by atoms with Crippen LogP contribution in [0.15, 0.2) is 54.6 Å². The van der Waals surface area contributed by atoms with Crippen LogP contribution < -0.4 is 4.90 Å². The first-order valence-corrected chi connectivity index (χ1v) is 10.4. The van der Waals surface area contributed by atoms with Crippen LogP contribution in [-0.2, 0) is 11.3 Å². The van der Waals surface area contributed by atoms with Gasteiger partial charge in [0.05, 0.1) is 23.1 Å². The molecular formula is C25H24N4O3. The van der Waals surface area contributed by atoms with Crippen molar-refractivity contribution >= 4 is 17.4 Å². The van der Waals surface area contributed by atoms with Gasteiger partial charge in [-0.25, -0.2) is 4.98 Å². The summed E-state index contributed by atoms with van der Waals surface area (Å²) in [5.74, 6) is -0.142. The molecule has 1 aromatic heterocycles. The third-order valence-electron chi connectivity index (χ3n) is 5.15. The van der Waals surface area contributed by atoms with Crippen molar-refractivity contribution in [2.45, 2.75) is 40.2 Å². The molecule has 0 spiro atoms. The Morgan fingerprint density at radius 3 is 2.47 bits per heavy atom. The molecule has 0 aliphatic carbocycles. The molecule has 0 atom stereocenters. The van der Waals surface area contributed by atoms with Crippen LogP contribution in [0.2, 0.25) is 0 Å². The number of pyridine rings is 1. The molecule has 3 rings (SSSR count). The largest absolute Gasteiger partial charge is 0.314 e. The zero-order chi connectivity index (χ0) is 23.3. The molecule has 0 saturated heterocycles. The number of nitrogens with zero attached hydrogens (tertiary/aromatic N) is 4. The third-order valence-corrected chi connectivity index (χ3v) is 5.15. The minimum Gasteiger partial charge on any atom is -0.287 e. The van der Waals surface area contributed by atoms with Gasteiger partial charge in [-0.3, -0.25) is 19.8 Å². The SMILES string of the molecule is CCCC(=O)N(Cc1ccc(-c2ccccc2C#N)cc1)c1nc(C)cc(C)c1[N+](=O)[O-]. The Balaban J connectivity index is 2.00. The van der Waals surface area contributed by atoms with Crippen molar-refractivity contribution in [1.29, 1.82) is 5.26 Å². The molecule has 3 aromatic rings. The van der Waals surface area contributed by atoms with Crippen molar-refractivity contribution in [3.05, 3.63) is 87.1 Å². The Hall–Kier alpha value is -4.05. The molecule has 0 radical (unpaired) electrons. The number of nitriles is 1. The first-order valence-electron chi connectivity index (χ1n) is 10.4. The highest BCUT2D eigenvalue weighted by atomic mass is 16.6. The van der Waals surface area contributed by atoms with Crippen LogP contribution >= 0.6 is 0 Å². The van der Waals surface area contributed by atoms with Gasteiger partial charge in [-0.2, -0.15) is 5.26 Å². The lowest BCUT2D eigenvalue weighted by Gasteiger charge is -2.23. The Kier molecular flexibility index (Phi) is 6.96. The van der Waals surface area contributed by atoms with Crippen LogP contribution in [0.5, 0.6) is 0 Å². The minimum atomic E-state index is -0.481. The number of rotatable bonds is 7. The lowest BCUT2D eigenvalue weighted by molar-refractivity contribution is -0.384. The summed E-state index contributed by atoms with van der Waals surface area (Å²) in [4.78, 5) is 30.0. The fraction of sp³-hybridized carbons (Fsp3) is 0.240. The quantitative estimate of drug-likeness (QED) is 0.366. The molecule has 7 heteroatoms. The summed E-state index contributed by atoms with van der Waals surface area (Å²) in [5.41, 5.74) is 4.02. The maximum absolute atomic E-state index is 12.9. The average Bonchev–Trinajstić information content (AvgIpc) is 2.77. The number of aryl methyl sites for hydroxylation is 2. The van der Waals surface area contributed by atoms with Crippen molar-refractivity contribution in [3.8, 4) is 17.2 Å². The van der Waals surface area contributed by atoms with Gasteiger partial charge < -0.3 is 0 Å². The van der Waals surface area contributed by atoms with Crippen molar-refractivity contribution in [3.63, 3.8) is 0 Å². The van der Waals surface area contributed by atoms with Crippen LogP contribution in [-0.4, -0.2) is 15.8 Å². The Morgan fingerprint density at radius 1 is 1.16 bits per heavy atom. The molecule has 0 N–H and O–H groups in total. The average molecular weight is 428 g/mol. The number of hydrogen-bond donors (Lipinski definition) is 0. The zero-order valence-electron chi connectivity index (χ0n) is 18.3. The first-order chi connectivity index (χ1) is 15.3. The van der Waals surface area contributed by atoms with E-state index in [9.17, 15) is 20.2 Å². The van der Waals surface area contributed by atoms with Gasteiger partial charge in [-0.15, -0.1) is 0 Å². The Morgan fingerprint density at radius 2 is 1.84 bits per heavy atom. The number of carbonyl (C=O) groups excluding carboxylic acids is 1. The highest BCUT2D eigenvalue weighted by molar-refractivity contribution is 5.94. The van der Waals surface area contributed by atoms with E-state index in [0.717, 1.165) is 16.7 Å². The predicted molar refractivity (Wildman–Crippen MR) is 123 cm³/mol. The van der Waals surface area contributed by atoms with Crippen LogP contribution in [0.4, 0.5) is 11.5 Å². The Bertz CT molecular complexity index is 1200. The summed E-state index contributed by atoms with van der Waals surface area (Å²) in [7, 11) is 0. The van der Waals surface area contributed by atoms with Crippen LogP contribution in [0.3, 0.4) is 0 Å². The predicted octanol–water partition coefficient (Wildman–Crippen LogP) is 5.48. The molecular weight excluding hydrogens is 404 g/mol. The van der Waals surface area contributed by atoms with Crippen molar-refractivity contribution < 1.29 is 9.72 Å². The first kappa shape index (κ1) is 22.6. The van der Waals surface area contributed by atoms with Gasteiger partial charge in [-0.05, 0) is 49.1 Å². The highest BCUT2D eigenvalue weighted by Gasteiger charge is 2.28. The topological polar surface area (TPSA) is 100 Å². The summed E-state index contributed by atoms with van der Waals surface area (Å²) >= 11 is 0. The van der Waals surface area contributed by atoms with E-state index >= 15 is 0 Å². The van der Waals surface area contributed by atoms with E-state index < -0.39 is 4.92 Å². The molecule has 0 aliphatic heterocycles. The molecule has 32 heavy (non-hydrogen) atoms. The van der Waals surface area contributed by atoms with Crippen LogP contribution in [0.1, 0.15) is 42.1 Å². The monoisotopic (exact) mass is 428 g/mol. The molecule has 0 unspecified atom stereocenters. The molecule has 162 valence electrons. The fourth-order valence-electron chi connectivity index (χ4n) is 3.66. The maximum atomic E-state index is 12.9. The summed E-state index contributed by atoms with van der Waals surface area (Å²) in [6.07, 6.45) is 0.886. The number of anilines is 1. The standard InChI is InChI=1S/C25H24N4O3/c1-4-7-23(30)28(25-24(29(31)32)17(2)14-18(3)27-25)16-19-10-12-20(13-11-19)22-9-6-5-8-21(22)15-26/h5-6,8-14H,4,7,16H2,1-3H3. The number of aromatic nitrogens is 1. The summed E-state index contributed by atoms with van der Waals surface area (Å²) in [5, 5.41) is 21.1. The molecule has 2 aromatic carbocycles. The summed E-state index contributed by atoms with van der Waals surface area (Å²) in [6, 6.07) is 18.7. The summed E-state index contributed by atoms with van der Waals surface area (Å²) in [6.45, 7) is 5.46. The maximum Gasteiger partial charge on any atom is 0.314 e.